The fraction of sp³-hybridized carbons (Fsp3) is 0. The minimum absolute atomic E-state index is 0.0439. The number of hydrogen-bond donors (Lipinski definition) is 2. The number of hydrogen-bond acceptors (Lipinski definition) is 2. The standard InChI is InChI=1S/C12H7Br2F3N2/c13-5-1-8(16)12(9(17)2-5)19-11-3-6(14)7(15)4-10(11)18/h1-4,19H,18H2. The zero-order chi connectivity index (χ0) is 14.2. The lowest BCUT2D eigenvalue weighted by Crippen LogP contribution is -2.01. The van der Waals surface area contributed by atoms with Gasteiger partial charge in [0.05, 0.1) is 15.8 Å². The van der Waals surface area contributed by atoms with Crippen LogP contribution in [0.15, 0.2) is 33.2 Å². The molecule has 3 N–H and O–H groups in total. The van der Waals surface area contributed by atoms with E-state index in [4.69, 9.17) is 5.73 Å². The van der Waals surface area contributed by atoms with E-state index in [9.17, 15) is 13.2 Å². The highest BCUT2D eigenvalue weighted by Gasteiger charge is 2.13. The monoisotopic (exact) mass is 394 g/mol. The van der Waals surface area contributed by atoms with Gasteiger partial charge in [0.1, 0.15) is 11.5 Å². The van der Waals surface area contributed by atoms with Crippen molar-refractivity contribution in [1.82, 2.24) is 0 Å². The molecule has 0 aliphatic heterocycles. The van der Waals surface area contributed by atoms with E-state index in [1.807, 2.05) is 0 Å². The maximum Gasteiger partial charge on any atom is 0.150 e. The average Bonchev–Trinajstić information content (AvgIpc) is 2.29. The van der Waals surface area contributed by atoms with E-state index in [1.165, 1.54) is 6.07 Å². The first-order valence-corrected chi connectivity index (χ1v) is 6.63. The maximum atomic E-state index is 13.6. The van der Waals surface area contributed by atoms with Gasteiger partial charge in [0.2, 0.25) is 0 Å². The predicted octanol–water partition coefficient (Wildman–Crippen LogP) is 4.95. The molecule has 0 aromatic heterocycles. The van der Waals surface area contributed by atoms with Gasteiger partial charge in [-0.05, 0) is 34.1 Å². The number of nitrogens with one attached hydrogen (secondary N) is 1. The normalized spacial score (nSPS) is 10.6. The molecule has 0 bridgehead atoms. The van der Waals surface area contributed by atoms with Gasteiger partial charge < -0.3 is 11.1 Å². The first-order chi connectivity index (χ1) is 8.88. The van der Waals surface area contributed by atoms with E-state index in [0.717, 1.165) is 18.2 Å². The van der Waals surface area contributed by atoms with Crippen LogP contribution < -0.4 is 11.1 Å². The number of halogens is 5. The van der Waals surface area contributed by atoms with E-state index in [0.29, 0.717) is 0 Å². The van der Waals surface area contributed by atoms with Gasteiger partial charge in [-0.25, -0.2) is 13.2 Å². The van der Waals surface area contributed by atoms with Crippen molar-refractivity contribution in [3.8, 4) is 0 Å². The molecule has 7 heteroatoms. The molecule has 0 aliphatic rings. The SMILES string of the molecule is Nc1cc(F)c(Br)cc1Nc1c(F)cc(Br)cc1F. The Morgan fingerprint density at radius 1 is 0.895 bits per heavy atom. The van der Waals surface area contributed by atoms with Crippen molar-refractivity contribution >= 4 is 48.9 Å². The van der Waals surface area contributed by atoms with Crippen molar-refractivity contribution in [2.45, 2.75) is 0 Å². The van der Waals surface area contributed by atoms with Crippen LogP contribution in [-0.2, 0) is 0 Å². The number of anilines is 3. The largest absolute Gasteiger partial charge is 0.397 e. The van der Waals surface area contributed by atoms with Crippen LogP contribution in [0.1, 0.15) is 0 Å². The molecular weight excluding hydrogens is 389 g/mol. The summed E-state index contributed by atoms with van der Waals surface area (Å²) < 4.78 is 40.9. The van der Waals surface area contributed by atoms with E-state index in [1.54, 1.807) is 0 Å². The van der Waals surface area contributed by atoms with Gasteiger partial charge in [-0.2, -0.15) is 0 Å². The third-order valence-corrected chi connectivity index (χ3v) is 3.42. The molecule has 100 valence electrons. The van der Waals surface area contributed by atoms with Crippen molar-refractivity contribution in [2.24, 2.45) is 0 Å². The predicted molar refractivity (Wildman–Crippen MR) is 75.9 cm³/mol. The molecule has 19 heavy (non-hydrogen) atoms. The zero-order valence-electron chi connectivity index (χ0n) is 9.28. The number of nitrogens with two attached hydrogens (primary N) is 1. The van der Waals surface area contributed by atoms with Gasteiger partial charge in [0.15, 0.2) is 11.6 Å². The second kappa shape index (κ2) is 5.42. The lowest BCUT2D eigenvalue weighted by molar-refractivity contribution is 0.589. The van der Waals surface area contributed by atoms with Gasteiger partial charge in [0, 0.05) is 10.5 Å². The first-order valence-electron chi connectivity index (χ1n) is 5.04. The Hall–Kier alpha value is -1.21. The highest BCUT2D eigenvalue weighted by molar-refractivity contribution is 9.10. The molecule has 0 fully saturated rings. The minimum atomic E-state index is -0.785. The van der Waals surface area contributed by atoms with Crippen molar-refractivity contribution in [3.05, 3.63) is 50.7 Å². The van der Waals surface area contributed by atoms with Crippen LogP contribution in [0.4, 0.5) is 30.2 Å². The number of benzene rings is 2. The summed E-state index contributed by atoms with van der Waals surface area (Å²) in [5.74, 6) is -2.13. The Labute approximate surface area is 124 Å². The smallest absolute Gasteiger partial charge is 0.150 e. The average molecular weight is 396 g/mol. The highest BCUT2D eigenvalue weighted by Crippen LogP contribution is 2.32. The Morgan fingerprint density at radius 3 is 2.05 bits per heavy atom. The lowest BCUT2D eigenvalue weighted by Gasteiger charge is -2.12. The van der Waals surface area contributed by atoms with Gasteiger partial charge in [0.25, 0.3) is 0 Å². The molecular formula is C12H7Br2F3N2. The molecule has 0 spiro atoms. The number of rotatable bonds is 2. The summed E-state index contributed by atoms with van der Waals surface area (Å²) in [4.78, 5) is 0. The summed E-state index contributed by atoms with van der Waals surface area (Å²) >= 11 is 5.96. The van der Waals surface area contributed by atoms with Crippen molar-refractivity contribution in [2.75, 3.05) is 11.1 Å². The molecule has 2 rings (SSSR count). The van der Waals surface area contributed by atoms with E-state index < -0.39 is 17.5 Å². The van der Waals surface area contributed by atoms with Crippen LogP contribution in [0.5, 0.6) is 0 Å². The van der Waals surface area contributed by atoms with Crippen LogP contribution in [-0.4, -0.2) is 0 Å². The molecule has 0 atom stereocenters. The second-order valence-corrected chi connectivity index (χ2v) is 5.49. The number of nitrogen functional groups attached to an aromatic ring is 1. The molecule has 2 aromatic rings. The molecule has 0 unspecified atom stereocenters. The maximum absolute atomic E-state index is 13.6. The second-order valence-electron chi connectivity index (χ2n) is 3.72. The minimum Gasteiger partial charge on any atom is -0.397 e. The fourth-order valence-electron chi connectivity index (χ4n) is 1.47. The molecule has 2 aromatic carbocycles. The van der Waals surface area contributed by atoms with Gasteiger partial charge >= 0.3 is 0 Å². The molecule has 0 saturated heterocycles. The summed E-state index contributed by atoms with van der Waals surface area (Å²) in [6, 6.07) is 4.59. The Kier molecular flexibility index (Phi) is 4.05. The topological polar surface area (TPSA) is 38.0 Å². The zero-order valence-corrected chi connectivity index (χ0v) is 12.4. The van der Waals surface area contributed by atoms with E-state index in [2.05, 4.69) is 37.2 Å². The summed E-state index contributed by atoms with van der Waals surface area (Å²) in [5, 5.41) is 2.51. The highest BCUT2D eigenvalue weighted by atomic mass is 79.9. The van der Waals surface area contributed by atoms with Crippen LogP contribution >= 0.6 is 31.9 Å². The molecule has 0 radical (unpaired) electrons. The van der Waals surface area contributed by atoms with Crippen molar-refractivity contribution < 1.29 is 13.2 Å². The first kappa shape index (κ1) is 14.2. The third-order valence-electron chi connectivity index (χ3n) is 2.36. The van der Waals surface area contributed by atoms with Crippen molar-refractivity contribution in [3.63, 3.8) is 0 Å². The summed E-state index contributed by atoms with van der Waals surface area (Å²) in [5.41, 5.74) is 5.48. The molecule has 2 nitrogen and oxygen atoms in total. The molecule has 0 heterocycles. The van der Waals surface area contributed by atoms with E-state index in [-0.39, 0.29) is 26.0 Å². The fourth-order valence-corrected chi connectivity index (χ4v) is 2.21. The van der Waals surface area contributed by atoms with Crippen LogP contribution in [0, 0.1) is 17.5 Å². The van der Waals surface area contributed by atoms with Gasteiger partial charge in [-0.3, -0.25) is 0 Å². The van der Waals surface area contributed by atoms with Gasteiger partial charge in [-0.15, -0.1) is 0 Å². The molecule has 0 amide bonds. The molecule has 0 saturated carbocycles. The van der Waals surface area contributed by atoms with E-state index >= 15 is 0 Å². The Bertz CT molecular complexity index is 624. The summed E-state index contributed by atoms with van der Waals surface area (Å²) in [7, 11) is 0. The summed E-state index contributed by atoms with van der Waals surface area (Å²) in [6.45, 7) is 0. The van der Waals surface area contributed by atoms with Crippen LogP contribution in [0.3, 0.4) is 0 Å². The third kappa shape index (κ3) is 3.03. The quantitative estimate of drug-likeness (QED) is 0.705. The lowest BCUT2D eigenvalue weighted by atomic mass is 10.2. The van der Waals surface area contributed by atoms with Crippen LogP contribution in [0.2, 0.25) is 0 Å². The van der Waals surface area contributed by atoms with Crippen molar-refractivity contribution in [1.29, 1.82) is 0 Å². The Balaban J connectivity index is 2.45. The Morgan fingerprint density at radius 2 is 1.47 bits per heavy atom. The van der Waals surface area contributed by atoms with Gasteiger partial charge in [-0.1, -0.05) is 15.9 Å². The summed E-state index contributed by atoms with van der Waals surface area (Å²) in [6.07, 6.45) is 0. The van der Waals surface area contributed by atoms with Crippen LogP contribution in [0.25, 0.3) is 0 Å². The molecule has 0 aliphatic carbocycles.